The minimum atomic E-state index is 0.532. The average molecular weight is 539 g/mol. The molecule has 0 atom stereocenters. The van der Waals surface area contributed by atoms with Gasteiger partial charge in [-0.05, 0) is 0 Å². The summed E-state index contributed by atoms with van der Waals surface area (Å²) in [6.07, 6.45) is 4.93. The predicted molar refractivity (Wildman–Crippen MR) is 135 cm³/mol. The van der Waals surface area contributed by atoms with Crippen LogP contribution in [0.4, 0.5) is 0 Å². The fourth-order valence-electron chi connectivity index (χ4n) is 3.81. The van der Waals surface area contributed by atoms with Crippen LogP contribution in [0.2, 0.25) is 0 Å². The van der Waals surface area contributed by atoms with Crippen LogP contribution in [0.5, 0.6) is 0 Å². The normalized spacial score (nSPS) is 11.5. The molecule has 0 spiro atoms. The summed E-state index contributed by atoms with van der Waals surface area (Å²) in [5, 5.41) is 0. The fourth-order valence-corrected chi connectivity index (χ4v) is 11.3. The molecule has 0 fully saturated rings. The second-order valence-electron chi connectivity index (χ2n) is 7.93. The van der Waals surface area contributed by atoms with Gasteiger partial charge in [0.1, 0.15) is 0 Å². The molecule has 2 aromatic rings. The van der Waals surface area contributed by atoms with E-state index in [0.29, 0.717) is 26.3 Å². The maximum atomic E-state index is 2.63. The fraction of sp³-hybridized carbons (Fsp3) is 0.538. The van der Waals surface area contributed by atoms with Crippen LogP contribution in [0.3, 0.4) is 0 Å². The number of hydrogen-bond acceptors (Lipinski definition) is 2. The Labute approximate surface area is 196 Å². The van der Waals surface area contributed by atoms with Gasteiger partial charge in [0.2, 0.25) is 0 Å². The second-order valence-corrected chi connectivity index (χ2v) is 14.1. The third-order valence-electron chi connectivity index (χ3n) is 5.11. The van der Waals surface area contributed by atoms with Gasteiger partial charge in [-0.2, -0.15) is 0 Å². The van der Waals surface area contributed by atoms with E-state index < -0.39 is 0 Å². The molecule has 0 aliphatic heterocycles. The molecule has 0 saturated carbocycles. The van der Waals surface area contributed by atoms with Crippen molar-refractivity contribution < 1.29 is 0 Å². The van der Waals surface area contributed by atoms with Gasteiger partial charge in [-0.25, -0.2) is 0 Å². The molecule has 30 heavy (non-hydrogen) atoms. The van der Waals surface area contributed by atoms with Crippen molar-refractivity contribution in [3.63, 3.8) is 0 Å². The van der Waals surface area contributed by atoms with Crippen molar-refractivity contribution in [2.75, 3.05) is 26.2 Å². The molecule has 0 aliphatic rings. The molecule has 0 radical (unpaired) electrons. The standard InChI is InChI=1S/C26H40N2Se2/c1-5-17-27(18-6-2)21-23-13-9-11-15-25(23)29-30-26-16-12-10-14-24(26)22-28(19-7-3)20-8-4/h9-16H,5-8,17-22H2,1-4H3. The zero-order valence-corrected chi connectivity index (χ0v) is 22.8. The first kappa shape index (κ1) is 25.7. The Morgan fingerprint density at radius 1 is 0.533 bits per heavy atom. The molecule has 0 amide bonds. The van der Waals surface area contributed by atoms with Crippen molar-refractivity contribution in [2.24, 2.45) is 0 Å². The summed E-state index contributed by atoms with van der Waals surface area (Å²) in [4.78, 5) is 5.26. The quantitative estimate of drug-likeness (QED) is 0.314. The maximum absolute atomic E-state index is 2.63. The molecule has 166 valence electrons. The van der Waals surface area contributed by atoms with Crippen LogP contribution in [0.1, 0.15) is 64.5 Å². The average Bonchev–Trinajstić information content (AvgIpc) is 2.75. The van der Waals surface area contributed by atoms with Gasteiger partial charge >= 0.3 is 197 Å². The molecule has 0 saturated heterocycles. The Kier molecular flexibility index (Phi) is 13.0. The van der Waals surface area contributed by atoms with Gasteiger partial charge in [0.05, 0.1) is 0 Å². The molecule has 0 heterocycles. The Morgan fingerprint density at radius 2 is 0.867 bits per heavy atom. The van der Waals surface area contributed by atoms with Gasteiger partial charge in [0.15, 0.2) is 0 Å². The van der Waals surface area contributed by atoms with Crippen molar-refractivity contribution >= 4 is 35.2 Å². The molecule has 2 rings (SSSR count). The van der Waals surface area contributed by atoms with E-state index in [0.717, 1.165) is 13.1 Å². The number of hydrogen-bond donors (Lipinski definition) is 0. The molecule has 2 aromatic carbocycles. The van der Waals surface area contributed by atoms with Gasteiger partial charge in [-0.3, -0.25) is 0 Å². The van der Waals surface area contributed by atoms with E-state index in [-0.39, 0.29) is 0 Å². The van der Waals surface area contributed by atoms with Gasteiger partial charge in [-0.1, -0.05) is 0 Å². The zero-order chi connectivity index (χ0) is 21.6. The first-order valence-corrected chi connectivity index (χ1v) is 17.7. The van der Waals surface area contributed by atoms with Gasteiger partial charge in [-0.15, -0.1) is 0 Å². The predicted octanol–water partition coefficient (Wildman–Crippen LogP) is 4.20. The molecule has 0 aromatic heterocycles. The summed E-state index contributed by atoms with van der Waals surface area (Å²) in [6.45, 7) is 16.2. The van der Waals surface area contributed by atoms with E-state index in [1.54, 1.807) is 20.1 Å². The summed E-state index contributed by atoms with van der Waals surface area (Å²) in [5.74, 6) is 0. The number of benzene rings is 2. The van der Waals surface area contributed by atoms with E-state index >= 15 is 0 Å². The number of nitrogens with zero attached hydrogens (tertiary/aromatic N) is 2. The van der Waals surface area contributed by atoms with Crippen LogP contribution in [0, 0.1) is 0 Å². The van der Waals surface area contributed by atoms with Crippen LogP contribution >= 0.6 is 0 Å². The molecule has 4 heteroatoms. The van der Waals surface area contributed by atoms with Crippen molar-refractivity contribution in [3.05, 3.63) is 59.7 Å². The molecule has 0 bridgehead atoms. The van der Waals surface area contributed by atoms with Crippen LogP contribution in [-0.2, 0) is 13.1 Å². The van der Waals surface area contributed by atoms with Gasteiger partial charge < -0.3 is 0 Å². The Balaban J connectivity index is 2.09. The SMILES string of the molecule is CCCN(CCC)Cc1ccccc1[Se][Se]c1ccccc1CN(CCC)CCC. The summed E-state index contributed by atoms with van der Waals surface area (Å²) in [6, 6.07) is 18.4. The van der Waals surface area contributed by atoms with Crippen LogP contribution in [-0.4, -0.2) is 62.2 Å². The molecular weight excluding hydrogens is 498 g/mol. The zero-order valence-electron chi connectivity index (χ0n) is 19.4. The topological polar surface area (TPSA) is 6.48 Å². The molecule has 0 N–H and O–H groups in total. The van der Waals surface area contributed by atoms with Crippen molar-refractivity contribution in [2.45, 2.75) is 66.5 Å². The first-order valence-electron chi connectivity index (χ1n) is 11.7. The van der Waals surface area contributed by atoms with Gasteiger partial charge in [0.25, 0.3) is 0 Å². The first-order chi connectivity index (χ1) is 14.7. The van der Waals surface area contributed by atoms with E-state index in [9.17, 15) is 0 Å². The van der Waals surface area contributed by atoms with Crippen LogP contribution < -0.4 is 8.92 Å². The minimum absolute atomic E-state index is 0.532. The third-order valence-corrected chi connectivity index (χ3v) is 12.5. The van der Waals surface area contributed by atoms with E-state index in [1.165, 1.54) is 51.9 Å². The third kappa shape index (κ3) is 8.87. The van der Waals surface area contributed by atoms with Crippen molar-refractivity contribution in [1.29, 1.82) is 0 Å². The number of rotatable bonds is 15. The molecule has 2 nitrogen and oxygen atoms in total. The van der Waals surface area contributed by atoms with Crippen LogP contribution in [0.15, 0.2) is 48.5 Å². The molecule has 0 aliphatic carbocycles. The second kappa shape index (κ2) is 15.2. The Bertz CT molecular complexity index is 646. The van der Waals surface area contributed by atoms with E-state index in [1.807, 2.05) is 0 Å². The monoisotopic (exact) mass is 540 g/mol. The summed E-state index contributed by atoms with van der Waals surface area (Å²) >= 11 is 1.06. The van der Waals surface area contributed by atoms with E-state index in [4.69, 9.17) is 0 Å². The van der Waals surface area contributed by atoms with Crippen molar-refractivity contribution in [1.82, 2.24) is 9.80 Å². The molecule has 0 unspecified atom stereocenters. The summed E-state index contributed by atoms with van der Waals surface area (Å²) < 4.78 is 3.21. The van der Waals surface area contributed by atoms with E-state index in [2.05, 4.69) is 86.0 Å². The van der Waals surface area contributed by atoms with Crippen molar-refractivity contribution in [3.8, 4) is 0 Å². The Morgan fingerprint density at radius 3 is 1.20 bits per heavy atom. The summed E-state index contributed by atoms with van der Waals surface area (Å²) in [7, 11) is 0. The van der Waals surface area contributed by atoms with Crippen LogP contribution in [0.25, 0.3) is 0 Å². The summed E-state index contributed by atoms with van der Waals surface area (Å²) in [5.41, 5.74) is 3.11. The van der Waals surface area contributed by atoms with Gasteiger partial charge in [0, 0.05) is 0 Å². The molecular formula is C26H40N2Se2. The Hall–Kier alpha value is -0.601.